The standard InChI is InChI=1S/2C9H13N5.C3H6/c2*1-6-4-2-3-5-7(6)13-9(12)14-8(10)11;1-2-3-1/h2*2-5H,1H3,(H6,10,11,12,13,14);1-3H2. The first kappa shape index (κ1) is 25.0. The number of benzene rings is 2. The third-order valence-electron chi connectivity index (χ3n) is 3.54. The Bertz CT molecular complexity index is 872. The van der Waals surface area contributed by atoms with Crippen LogP contribution >= 0.6 is 0 Å². The van der Waals surface area contributed by atoms with Crippen LogP contribution in [-0.2, 0) is 0 Å². The summed E-state index contributed by atoms with van der Waals surface area (Å²) in [7, 11) is 0. The minimum Gasteiger partial charge on any atom is -0.370 e. The Morgan fingerprint density at radius 1 is 0.581 bits per heavy atom. The van der Waals surface area contributed by atoms with Crippen LogP contribution in [0.5, 0.6) is 0 Å². The SMILES string of the molecule is C1CC1.Cc1ccccc1N=C(N)N=C(N)N.Cc1ccccc1N=C(N)N=C(N)N. The number of aryl methyl sites for hydroxylation is 2. The maximum Gasteiger partial charge on any atom is 0.223 e. The smallest absolute Gasteiger partial charge is 0.223 e. The van der Waals surface area contributed by atoms with Crippen molar-refractivity contribution in [2.45, 2.75) is 33.1 Å². The second kappa shape index (κ2) is 13.2. The topological polar surface area (TPSA) is 206 Å². The molecule has 0 aromatic heterocycles. The Morgan fingerprint density at radius 2 is 0.903 bits per heavy atom. The van der Waals surface area contributed by atoms with Gasteiger partial charge in [-0.1, -0.05) is 55.7 Å². The lowest BCUT2D eigenvalue weighted by Gasteiger charge is -1.99. The molecule has 0 heterocycles. The van der Waals surface area contributed by atoms with Crippen molar-refractivity contribution in [3.05, 3.63) is 59.7 Å². The van der Waals surface area contributed by atoms with Crippen molar-refractivity contribution in [1.29, 1.82) is 0 Å². The molecule has 1 fully saturated rings. The van der Waals surface area contributed by atoms with Gasteiger partial charge in [0, 0.05) is 0 Å². The van der Waals surface area contributed by atoms with Crippen LogP contribution < -0.4 is 34.4 Å². The second-order valence-corrected chi connectivity index (χ2v) is 6.65. The van der Waals surface area contributed by atoms with Gasteiger partial charge in [-0.2, -0.15) is 9.98 Å². The van der Waals surface area contributed by atoms with Crippen LogP contribution in [0.25, 0.3) is 0 Å². The molecule has 0 spiro atoms. The van der Waals surface area contributed by atoms with Gasteiger partial charge >= 0.3 is 0 Å². The molecule has 0 saturated heterocycles. The van der Waals surface area contributed by atoms with Gasteiger partial charge in [-0.15, -0.1) is 0 Å². The van der Waals surface area contributed by atoms with E-state index in [-0.39, 0.29) is 23.8 Å². The summed E-state index contributed by atoms with van der Waals surface area (Å²) in [6, 6.07) is 15.1. The minimum absolute atomic E-state index is 0.0549. The summed E-state index contributed by atoms with van der Waals surface area (Å²) in [4.78, 5) is 15.3. The molecule has 2 aromatic rings. The van der Waals surface area contributed by atoms with Gasteiger partial charge < -0.3 is 34.4 Å². The van der Waals surface area contributed by atoms with Crippen molar-refractivity contribution in [3.63, 3.8) is 0 Å². The van der Waals surface area contributed by atoms with Crippen molar-refractivity contribution in [2.75, 3.05) is 0 Å². The lowest BCUT2D eigenvalue weighted by atomic mass is 10.2. The lowest BCUT2D eigenvalue weighted by Crippen LogP contribution is -2.26. The third kappa shape index (κ3) is 12.2. The van der Waals surface area contributed by atoms with E-state index >= 15 is 0 Å². The zero-order valence-electron chi connectivity index (χ0n) is 18.0. The van der Waals surface area contributed by atoms with E-state index in [0.29, 0.717) is 0 Å². The molecule has 3 rings (SSSR count). The number of nitrogens with zero attached hydrogens (tertiary/aromatic N) is 4. The van der Waals surface area contributed by atoms with Gasteiger partial charge in [-0.3, -0.25) is 0 Å². The molecule has 10 nitrogen and oxygen atoms in total. The Kier molecular flexibility index (Phi) is 10.6. The van der Waals surface area contributed by atoms with Gasteiger partial charge in [0.15, 0.2) is 11.9 Å². The summed E-state index contributed by atoms with van der Waals surface area (Å²) in [6.07, 6.45) is 4.50. The predicted molar refractivity (Wildman–Crippen MR) is 130 cm³/mol. The Labute approximate surface area is 182 Å². The molecule has 1 aliphatic rings. The largest absolute Gasteiger partial charge is 0.370 e. The first-order valence-electron chi connectivity index (χ1n) is 9.68. The number of guanidine groups is 4. The highest BCUT2D eigenvalue weighted by molar-refractivity contribution is 5.94. The van der Waals surface area contributed by atoms with Gasteiger partial charge in [0.05, 0.1) is 11.4 Å². The van der Waals surface area contributed by atoms with Crippen LogP contribution in [0.3, 0.4) is 0 Å². The van der Waals surface area contributed by atoms with Crippen molar-refractivity contribution < 1.29 is 0 Å². The van der Waals surface area contributed by atoms with Crippen LogP contribution in [0, 0.1) is 13.8 Å². The average Bonchev–Trinajstić information content (AvgIpc) is 3.54. The normalized spacial score (nSPS) is 12.3. The molecule has 166 valence electrons. The maximum absolute atomic E-state index is 5.48. The summed E-state index contributed by atoms with van der Waals surface area (Å²) >= 11 is 0. The van der Waals surface area contributed by atoms with Crippen molar-refractivity contribution in [2.24, 2.45) is 54.4 Å². The van der Waals surface area contributed by atoms with E-state index < -0.39 is 0 Å². The molecule has 1 saturated carbocycles. The monoisotopic (exact) mass is 424 g/mol. The molecule has 12 N–H and O–H groups in total. The van der Waals surface area contributed by atoms with Gasteiger partial charge in [-0.25, -0.2) is 9.98 Å². The van der Waals surface area contributed by atoms with E-state index in [2.05, 4.69) is 20.0 Å². The van der Waals surface area contributed by atoms with E-state index in [1.54, 1.807) is 0 Å². The van der Waals surface area contributed by atoms with Gasteiger partial charge in [-0.05, 0) is 37.1 Å². The van der Waals surface area contributed by atoms with Crippen molar-refractivity contribution in [3.8, 4) is 0 Å². The molecule has 0 bridgehead atoms. The molecule has 0 amide bonds. The highest BCUT2D eigenvalue weighted by Crippen LogP contribution is 2.17. The molecule has 0 unspecified atom stereocenters. The summed E-state index contributed by atoms with van der Waals surface area (Å²) in [5.41, 5.74) is 35.1. The Hall–Kier alpha value is -4.08. The quantitative estimate of drug-likeness (QED) is 0.311. The lowest BCUT2D eigenvalue weighted by molar-refractivity contribution is 1.34. The molecule has 0 atom stereocenters. The fraction of sp³-hybridized carbons (Fsp3) is 0.238. The first-order valence-corrected chi connectivity index (χ1v) is 9.68. The van der Waals surface area contributed by atoms with E-state index in [4.69, 9.17) is 34.4 Å². The zero-order chi connectivity index (χ0) is 23.2. The van der Waals surface area contributed by atoms with Crippen LogP contribution in [0.4, 0.5) is 11.4 Å². The first-order chi connectivity index (χ1) is 14.7. The number of aliphatic imine (C=N–C) groups is 4. The Morgan fingerprint density at radius 3 is 1.16 bits per heavy atom. The van der Waals surface area contributed by atoms with Crippen LogP contribution in [0.1, 0.15) is 30.4 Å². The van der Waals surface area contributed by atoms with E-state index in [9.17, 15) is 0 Å². The number of para-hydroxylation sites is 2. The third-order valence-corrected chi connectivity index (χ3v) is 3.54. The molecule has 1 aliphatic carbocycles. The van der Waals surface area contributed by atoms with E-state index in [0.717, 1.165) is 22.5 Å². The molecule has 10 heteroatoms. The fourth-order valence-electron chi connectivity index (χ4n) is 1.94. The van der Waals surface area contributed by atoms with Gasteiger partial charge in [0.25, 0.3) is 0 Å². The van der Waals surface area contributed by atoms with Gasteiger partial charge in [0.2, 0.25) is 11.9 Å². The van der Waals surface area contributed by atoms with E-state index in [1.165, 1.54) is 19.3 Å². The second-order valence-electron chi connectivity index (χ2n) is 6.65. The summed E-state index contributed by atoms with van der Waals surface area (Å²) in [5.74, 6) is -0.0849. The average molecular weight is 425 g/mol. The number of hydrogen-bond donors (Lipinski definition) is 6. The molecular formula is C21H32N10. The zero-order valence-corrected chi connectivity index (χ0v) is 18.0. The highest BCUT2D eigenvalue weighted by atomic mass is 15.1. The highest BCUT2D eigenvalue weighted by Gasteiger charge is 1.96. The van der Waals surface area contributed by atoms with Crippen LogP contribution in [0.15, 0.2) is 68.5 Å². The fourth-order valence-corrected chi connectivity index (χ4v) is 1.94. The van der Waals surface area contributed by atoms with Gasteiger partial charge in [0.1, 0.15) is 0 Å². The van der Waals surface area contributed by atoms with Crippen LogP contribution in [-0.4, -0.2) is 23.8 Å². The predicted octanol–water partition coefficient (Wildman–Crippen LogP) is 1.60. The molecule has 31 heavy (non-hydrogen) atoms. The van der Waals surface area contributed by atoms with Crippen LogP contribution in [0.2, 0.25) is 0 Å². The Balaban J connectivity index is 0.000000272. The number of rotatable bonds is 2. The number of hydrogen-bond acceptors (Lipinski definition) is 2. The maximum atomic E-state index is 5.48. The molecular weight excluding hydrogens is 392 g/mol. The van der Waals surface area contributed by atoms with Crippen molar-refractivity contribution in [1.82, 2.24) is 0 Å². The summed E-state index contributed by atoms with van der Waals surface area (Å²) in [5, 5.41) is 0. The number of nitrogens with two attached hydrogens (primary N) is 6. The molecule has 0 radical (unpaired) electrons. The molecule has 2 aromatic carbocycles. The van der Waals surface area contributed by atoms with Crippen molar-refractivity contribution >= 4 is 35.2 Å². The summed E-state index contributed by atoms with van der Waals surface area (Å²) in [6.45, 7) is 3.86. The minimum atomic E-state index is -0.0974. The van der Waals surface area contributed by atoms with E-state index in [1.807, 2.05) is 62.4 Å². The molecule has 0 aliphatic heterocycles. The summed E-state index contributed by atoms with van der Waals surface area (Å²) < 4.78 is 0.